The number of hydrogen-bond donors (Lipinski definition) is 2. The second-order valence-corrected chi connectivity index (χ2v) is 6.65. The minimum Gasteiger partial charge on any atom is -0.366 e. The normalized spacial score (nSPS) is 23.3. The number of benzene rings is 1. The lowest BCUT2D eigenvalue weighted by atomic mass is 10.1. The van der Waals surface area contributed by atoms with E-state index in [1.54, 1.807) is 18.3 Å². The summed E-state index contributed by atoms with van der Waals surface area (Å²) in [6, 6.07) is 12.3. The zero-order valence-corrected chi connectivity index (χ0v) is 14.4. The van der Waals surface area contributed by atoms with Gasteiger partial charge in [0, 0.05) is 32.4 Å². The van der Waals surface area contributed by atoms with Gasteiger partial charge in [0.05, 0.1) is 17.4 Å². The van der Waals surface area contributed by atoms with Gasteiger partial charge in [-0.05, 0) is 30.7 Å². The van der Waals surface area contributed by atoms with E-state index in [4.69, 9.17) is 0 Å². The average Bonchev–Trinajstić information content (AvgIpc) is 3.19. The number of piperazine rings is 1. The molecule has 2 atom stereocenters. The predicted octanol–water partition coefficient (Wildman–Crippen LogP) is 1.48. The van der Waals surface area contributed by atoms with Crippen molar-refractivity contribution in [2.45, 2.75) is 18.5 Å². The van der Waals surface area contributed by atoms with Crippen molar-refractivity contribution in [1.82, 2.24) is 20.7 Å². The van der Waals surface area contributed by atoms with Crippen LogP contribution in [0.2, 0.25) is 0 Å². The Kier molecular flexibility index (Phi) is 4.81. The van der Waals surface area contributed by atoms with Gasteiger partial charge in [-0.1, -0.05) is 18.2 Å². The first-order valence-corrected chi connectivity index (χ1v) is 8.92. The Hall–Kier alpha value is -2.51. The fraction of sp³-hybridized carbons (Fsp3) is 0.368. The van der Waals surface area contributed by atoms with Gasteiger partial charge in [0.1, 0.15) is 11.9 Å². The zero-order valence-electron chi connectivity index (χ0n) is 14.4. The largest absolute Gasteiger partial charge is 0.366 e. The van der Waals surface area contributed by atoms with Crippen LogP contribution in [0.4, 0.5) is 10.1 Å². The highest BCUT2D eigenvalue weighted by Crippen LogP contribution is 2.23. The number of para-hydroxylation sites is 1. The highest BCUT2D eigenvalue weighted by Gasteiger charge is 2.34. The number of nitrogens with one attached hydrogen (secondary N) is 2. The standard InChI is InChI=1S/C19H22FN5O/c20-14-5-1-2-7-18(14)24-9-11-25(12-10-24)19(26)17-13-16(22-23-17)15-6-3-4-8-21-15/h1-8,16-17,22-23H,9-13H2. The summed E-state index contributed by atoms with van der Waals surface area (Å²) in [7, 11) is 0. The number of pyridine rings is 1. The third-order valence-corrected chi connectivity index (χ3v) is 5.03. The summed E-state index contributed by atoms with van der Waals surface area (Å²) in [5.41, 5.74) is 7.80. The van der Waals surface area contributed by atoms with Crippen LogP contribution >= 0.6 is 0 Å². The van der Waals surface area contributed by atoms with Crippen LogP contribution in [0.25, 0.3) is 0 Å². The molecule has 0 aliphatic carbocycles. The van der Waals surface area contributed by atoms with E-state index in [0.29, 0.717) is 38.3 Å². The van der Waals surface area contributed by atoms with E-state index >= 15 is 0 Å². The molecule has 1 aromatic carbocycles. The smallest absolute Gasteiger partial charge is 0.241 e. The molecule has 6 nitrogen and oxygen atoms in total. The highest BCUT2D eigenvalue weighted by molar-refractivity contribution is 5.82. The topological polar surface area (TPSA) is 60.5 Å². The first kappa shape index (κ1) is 16.9. The van der Waals surface area contributed by atoms with Crippen LogP contribution in [-0.4, -0.2) is 48.0 Å². The maximum atomic E-state index is 13.9. The van der Waals surface area contributed by atoms with Gasteiger partial charge >= 0.3 is 0 Å². The van der Waals surface area contributed by atoms with Crippen molar-refractivity contribution < 1.29 is 9.18 Å². The van der Waals surface area contributed by atoms with E-state index in [1.165, 1.54) is 6.07 Å². The Balaban J connectivity index is 1.34. The summed E-state index contributed by atoms with van der Waals surface area (Å²) >= 11 is 0. The monoisotopic (exact) mass is 355 g/mol. The van der Waals surface area contributed by atoms with Crippen molar-refractivity contribution in [3.63, 3.8) is 0 Å². The lowest BCUT2D eigenvalue weighted by Crippen LogP contribution is -2.53. The number of carbonyl (C=O) groups is 1. The first-order chi connectivity index (χ1) is 12.7. The molecule has 2 fully saturated rings. The molecular formula is C19H22FN5O. The summed E-state index contributed by atoms with van der Waals surface area (Å²) in [4.78, 5) is 21.0. The molecule has 1 aromatic heterocycles. The molecule has 1 amide bonds. The number of carbonyl (C=O) groups excluding carboxylic acids is 1. The van der Waals surface area contributed by atoms with Crippen molar-refractivity contribution in [2.24, 2.45) is 0 Å². The van der Waals surface area contributed by atoms with Crippen LogP contribution < -0.4 is 15.8 Å². The van der Waals surface area contributed by atoms with Gasteiger partial charge in [0.15, 0.2) is 0 Å². The third-order valence-electron chi connectivity index (χ3n) is 5.03. The molecule has 26 heavy (non-hydrogen) atoms. The number of nitrogens with zero attached hydrogens (tertiary/aromatic N) is 3. The second kappa shape index (κ2) is 7.39. The molecule has 0 bridgehead atoms. The number of hydrazine groups is 1. The number of amides is 1. The Morgan fingerprint density at radius 2 is 1.81 bits per heavy atom. The van der Waals surface area contributed by atoms with Gasteiger partial charge in [0.2, 0.25) is 5.91 Å². The van der Waals surface area contributed by atoms with Gasteiger partial charge in [-0.2, -0.15) is 0 Å². The van der Waals surface area contributed by atoms with Gasteiger partial charge in [-0.25, -0.2) is 15.2 Å². The van der Waals surface area contributed by atoms with E-state index in [9.17, 15) is 9.18 Å². The van der Waals surface area contributed by atoms with Crippen molar-refractivity contribution >= 4 is 11.6 Å². The molecular weight excluding hydrogens is 333 g/mol. The molecule has 7 heteroatoms. The molecule has 0 spiro atoms. The van der Waals surface area contributed by atoms with Crippen molar-refractivity contribution in [3.05, 3.63) is 60.2 Å². The third kappa shape index (κ3) is 3.40. The molecule has 2 aliphatic heterocycles. The summed E-state index contributed by atoms with van der Waals surface area (Å²) in [6.07, 6.45) is 2.43. The Labute approximate surface area is 152 Å². The molecule has 3 heterocycles. The Morgan fingerprint density at radius 3 is 2.54 bits per heavy atom. The second-order valence-electron chi connectivity index (χ2n) is 6.65. The number of hydrogen-bond acceptors (Lipinski definition) is 5. The summed E-state index contributed by atoms with van der Waals surface area (Å²) in [6.45, 7) is 2.46. The maximum absolute atomic E-state index is 13.9. The number of rotatable bonds is 3. The van der Waals surface area contributed by atoms with E-state index in [-0.39, 0.29) is 23.8 Å². The zero-order chi connectivity index (χ0) is 17.9. The maximum Gasteiger partial charge on any atom is 0.241 e. The summed E-state index contributed by atoms with van der Waals surface area (Å²) in [5, 5.41) is 0. The number of halogens is 1. The molecule has 0 radical (unpaired) electrons. The van der Waals surface area contributed by atoms with Gasteiger partial charge < -0.3 is 9.80 Å². The van der Waals surface area contributed by atoms with Crippen LogP contribution in [0.3, 0.4) is 0 Å². The fourth-order valence-electron chi connectivity index (χ4n) is 3.59. The van der Waals surface area contributed by atoms with Crippen LogP contribution in [0.5, 0.6) is 0 Å². The molecule has 2 aliphatic rings. The fourth-order valence-corrected chi connectivity index (χ4v) is 3.59. The molecule has 2 N–H and O–H groups in total. The number of anilines is 1. The van der Waals surface area contributed by atoms with E-state index in [1.807, 2.05) is 34.1 Å². The number of aromatic nitrogens is 1. The molecule has 2 unspecified atom stereocenters. The SMILES string of the molecule is O=C(C1CC(c2ccccn2)NN1)N1CCN(c2ccccc2F)CC1. The van der Waals surface area contributed by atoms with Crippen molar-refractivity contribution in [1.29, 1.82) is 0 Å². The quantitative estimate of drug-likeness (QED) is 0.873. The minimum absolute atomic E-state index is 0.0323. The van der Waals surface area contributed by atoms with Crippen LogP contribution in [0, 0.1) is 5.82 Å². The molecule has 0 saturated carbocycles. The molecule has 4 rings (SSSR count). The van der Waals surface area contributed by atoms with Crippen LogP contribution in [-0.2, 0) is 4.79 Å². The average molecular weight is 355 g/mol. The summed E-state index contributed by atoms with van der Waals surface area (Å²) in [5.74, 6) is -0.128. The van der Waals surface area contributed by atoms with Crippen molar-refractivity contribution in [3.8, 4) is 0 Å². The molecule has 136 valence electrons. The Morgan fingerprint density at radius 1 is 1.04 bits per heavy atom. The lowest BCUT2D eigenvalue weighted by molar-refractivity contribution is -0.133. The molecule has 2 saturated heterocycles. The lowest BCUT2D eigenvalue weighted by Gasteiger charge is -2.37. The summed E-state index contributed by atoms with van der Waals surface area (Å²) < 4.78 is 13.9. The van der Waals surface area contributed by atoms with Gasteiger partial charge in [-0.15, -0.1) is 0 Å². The van der Waals surface area contributed by atoms with Gasteiger partial charge in [0.25, 0.3) is 0 Å². The predicted molar refractivity (Wildman–Crippen MR) is 96.8 cm³/mol. The van der Waals surface area contributed by atoms with Gasteiger partial charge in [-0.3, -0.25) is 9.78 Å². The minimum atomic E-state index is -0.262. The molecule has 2 aromatic rings. The van der Waals surface area contributed by atoms with Crippen LogP contribution in [0.15, 0.2) is 48.7 Å². The van der Waals surface area contributed by atoms with Crippen LogP contribution in [0.1, 0.15) is 18.2 Å². The van der Waals surface area contributed by atoms with E-state index in [2.05, 4.69) is 15.8 Å². The highest BCUT2D eigenvalue weighted by atomic mass is 19.1. The van der Waals surface area contributed by atoms with Crippen molar-refractivity contribution in [2.75, 3.05) is 31.1 Å². The Bertz CT molecular complexity index is 764. The van der Waals surface area contributed by atoms with E-state index in [0.717, 1.165) is 5.69 Å². The van der Waals surface area contributed by atoms with E-state index < -0.39 is 0 Å². The first-order valence-electron chi connectivity index (χ1n) is 8.92.